The predicted molar refractivity (Wildman–Crippen MR) is 81.5 cm³/mol. The van der Waals surface area contributed by atoms with Crippen LogP contribution in [0, 0.1) is 0 Å². The molecular weight excluding hydrogens is 217 g/mol. The van der Waals surface area contributed by atoms with Gasteiger partial charge in [-0.25, -0.2) is 0 Å². The summed E-state index contributed by atoms with van der Waals surface area (Å²) in [4.78, 5) is 3.54. The molecule has 0 saturated carbocycles. The molecule has 4 aromatic rings. The maximum atomic E-state index is 3.54. The minimum Gasteiger partial charge on any atom is -0.355 e. The Bertz CT molecular complexity index is 889. The average Bonchev–Trinajstić information content (AvgIpc) is 2.76. The Morgan fingerprint density at radius 3 is 2.39 bits per heavy atom. The van der Waals surface area contributed by atoms with Crippen LogP contribution in [0.4, 0.5) is 0 Å². The second-order valence-corrected chi connectivity index (χ2v) is 4.87. The molecule has 2 heteroatoms. The van der Waals surface area contributed by atoms with Gasteiger partial charge in [-0.05, 0) is 22.9 Å². The molecule has 0 aliphatic carbocycles. The Hall–Kier alpha value is -2.22. The summed E-state index contributed by atoms with van der Waals surface area (Å²) in [6.07, 6.45) is 0. The molecule has 0 radical (unpaired) electrons. The third-order valence-electron chi connectivity index (χ3n) is 3.71. The molecule has 3 aromatic carbocycles. The van der Waals surface area contributed by atoms with Crippen LogP contribution >= 0.6 is 0 Å². The van der Waals surface area contributed by atoms with Crippen molar-refractivity contribution in [3.8, 4) is 0 Å². The molecular formula is C16H12BN. The van der Waals surface area contributed by atoms with Crippen LogP contribution in [0.3, 0.4) is 0 Å². The van der Waals surface area contributed by atoms with Crippen molar-refractivity contribution in [3.05, 3.63) is 54.6 Å². The van der Waals surface area contributed by atoms with E-state index in [0.29, 0.717) is 0 Å². The van der Waals surface area contributed by atoms with Crippen molar-refractivity contribution >= 4 is 45.9 Å². The highest BCUT2D eigenvalue weighted by atomic mass is 14.7. The zero-order valence-electron chi connectivity index (χ0n) is 10.2. The highest BCUT2D eigenvalue weighted by Crippen LogP contribution is 2.28. The second-order valence-electron chi connectivity index (χ2n) is 4.87. The van der Waals surface area contributed by atoms with Crippen molar-refractivity contribution < 1.29 is 0 Å². The quantitative estimate of drug-likeness (QED) is 0.446. The van der Waals surface area contributed by atoms with Crippen LogP contribution < -0.4 is 5.46 Å². The minimum atomic E-state index is 1.22. The lowest BCUT2D eigenvalue weighted by Crippen LogP contribution is -2.01. The molecule has 4 rings (SSSR count). The van der Waals surface area contributed by atoms with E-state index in [9.17, 15) is 0 Å². The van der Waals surface area contributed by atoms with E-state index in [1.165, 1.54) is 38.0 Å². The van der Waals surface area contributed by atoms with Gasteiger partial charge < -0.3 is 4.98 Å². The average molecular weight is 229 g/mol. The van der Waals surface area contributed by atoms with Crippen molar-refractivity contribution in [1.82, 2.24) is 4.98 Å². The predicted octanol–water partition coefficient (Wildman–Crippen LogP) is 2.73. The summed E-state index contributed by atoms with van der Waals surface area (Å²) in [5.74, 6) is 0. The van der Waals surface area contributed by atoms with E-state index >= 15 is 0 Å². The van der Waals surface area contributed by atoms with Crippen molar-refractivity contribution in [3.63, 3.8) is 0 Å². The third-order valence-corrected chi connectivity index (χ3v) is 3.71. The van der Waals surface area contributed by atoms with Gasteiger partial charge in [-0.2, -0.15) is 0 Å². The summed E-state index contributed by atoms with van der Waals surface area (Å²) in [6.45, 7) is 0. The van der Waals surface area contributed by atoms with Gasteiger partial charge in [0.2, 0.25) is 0 Å². The molecule has 0 amide bonds. The summed E-state index contributed by atoms with van der Waals surface area (Å²) in [7, 11) is 2.15. The number of rotatable bonds is 0. The van der Waals surface area contributed by atoms with Crippen molar-refractivity contribution in [1.29, 1.82) is 0 Å². The fourth-order valence-corrected chi connectivity index (χ4v) is 2.76. The topological polar surface area (TPSA) is 15.8 Å². The number of aromatic nitrogens is 1. The molecule has 0 saturated heterocycles. The number of nitrogens with one attached hydrogen (secondary N) is 1. The summed E-state index contributed by atoms with van der Waals surface area (Å²) in [5.41, 5.74) is 3.77. The van der Waals surface area contributed by atoms with Gasteiger partial charge in [0.1, 0.15) is 7.85 Å². The first-order chi connectivity index (χ1) is 8.83. The molecule has 0 fully saturated rings. The van der Waals surface area contributed by atoms with E-state index < -0.39 is 0 Å². The molecule has 0 spiro atoms. The molecule has 1 aromatic heterocycles. The van der Waals surface area contributed by atoms with Gasteiger partial charge in [-0.15, -0.1) is 0 Å². The smallest absolute Gasteiger partial charge is 0.142 e. The molecule has 0 atom stereocenters. The van der Waals surface area contributed by atoms with Gasteiger partial charge in [-0.3, -0.25) is 0 Å². The molecule has 84 valence electrons. The van der Waals surface area contributed by atoms with Crippen LogP contribution in [0.5, 0.6) is 0 Å². The van der Waals surface area contributed by atoms with Gasteiger partial charge in [0.15, 0.2) is 0 Å². The lowest BCUT2D eigenvalue weighted by Gasteiger charge is -1.98. The maximum absolute atomic E-state index is 3.54. The van der Waals surface area contributed by atoms with E-state index in [1.54, 1.807) is 0 Å². The van der Waals surface area contributed by atoms with Crippen molar-refractivity contribution in [2.75, 3.05) is 0 Å². The number of fused-ring (bicyclic) bond motifs is 4. The van der Waals surface area contributed by atoms with Crippen LogP contribution in [0.2, 0.25) is 0 Å². The van der Waals surface area contributed by atoms with Gasteiger partial charge in [-0.1, -0.05) is 47.9 Å². The second kappa shape index (κ2) is 3.39. The largest absolute Gasteiger partial charge is 0.355 e. The zero-order valence-corrected chi connectivity index (χ0v) is 10.2. The molecule has 0 aliphatic heterocycles. The number of aromatic amines is 1. The van der Waals surface area contributed by atoms with Crippen LogP contribution in [0.15, 0.2) is 54.6 Å². The van der Waals surface area contributed by atoms with Crippen LogP contribution in [0.1, 0.15) is 0 Å². The number of hydrogen-bond acceptors (Lipinski definition) is 0. The number of hydrogen-bond donors (Lipinski definition) is 1. The maximum Gasteiger partial charge on any atom is 0.142 e. The molecule has 1 N–H and O–H groups in total. The normalized spacial score (nSPS) is 11.6. The Morgan fingerprint density at radius 2 is 1.56 bits per heavy atom. The standard InChI is InChI=1S/C16H12BN/c17-14-7-3-6-12-13-8-10-4-1-2-5-11(10)9-15(13)18-16(12)14/h1-9,18H,17H2. The first-order valence-corrected chi connectivity index (χ1v) is 6.23. The van der Waals surface area contributed by atoms with Gasteiger partial charge >= 0.3 is 0 Å². The number of benzene rings is 3. The first-order valence-electron chi connectivity index (χ1n) is 6.23. The Kier molecular flexibility index (Phi) is 1.84. The summed E-state index contributed by atoms with van der Waals surface area (Å²) in [6, 6.07) is 19.5. The number of H-pyrrole nitrogens is 1. The Balaban J connectivity index is 2.27. The summed E-state index contributed by atoms with van der Waals surface area (Å²) in [5, 5.41) is 5.21. The molecule has 1 heterocycles. The zero-order chi connectivity index (χ0) is 12.1. The monoisotopic (exact) mass is 229 g/mol. The fourth-order valence-electron chi connectivity index (χ4n) is 2.76. The van der Waals surface area contributed by atoms with E-state index in [2.05, 4.69) is 67.4 Å². The lowest BCUT2D eigenvalue weighted by molar-refractivity contribution is 1.57. The molecule has 0 unspecified atom stereocenters. The first kappa shape index (κ1) is 9.78. The van der Waals surface area contributed by atoms with E-state index in [-0.39, 0.29) is 0 Å². The highest BCUT2D eigenvalue weighted by molar-refractivity contribution is 6.39. The molecule has 0 aliphatic rings. The van der Waals surface area contributed by atoms with Crippen molar-refractivity contribution in [2.45, 2.75) is 0 Å². The number of para-hydroxylation sites is 1. The lowest BCUT2D eigenvalue weighted by atomic mass is 9.93. The SMILES string of the molecule is Bc1cccc2c1[nH]c1cc3ccccc3cc12. The van der Waals surface area contributed by atoms with E-state index in [1.807, 2.05) is 0 Å². The summed E-state index contributed by atoms with van der Waals surface area (Å²) < 4.78 is 0. The Labute approximate surface area is 106 Å². The van der Waals surface area contributed by atoms with Crippen LogP contribution in [-0.4, -0.2) is 12.8 Å². The third kappa shape index (κ3) is 1.23. The summed E-state index contributed by atoms with van der Waals surface area (Å²) >= 11 is 0. The van der Waals surface area contributed by atoms with Gasteiger partial charge in [0, 0.05) is 21.8 Å². The highest BCUT2D eigenvalue weighted by Gasteiger charge is 2.06. The fraction of sp³-hybridized carbons (Fsp3) is 0. The Morgan fingerprint density at radius 1 is 0.778 bits per heavy atom. The van der Waals surface area contributed by atoms with Gasteiger partial charge in [0.25, 0.3) is 0 Å². The minimum absolute atomic E-state index is 1.22. The molecule has 0 bridgehead atoms. The molecule has 18 heavy (non-hydrogen) atoms. The van der Waals surface area contributed by atoms with Crippen molar-refractivity contribution in [2.24, 2.45) is 0 Å². The van der Waals surface area contributed by atoms with Crippen LogP contribution in [-0.2, 0) is 0 Å². The van der Waals surface area contributed by atoms with E-state index in [0.717, 1.165) is 0 Å². The van der Waals surface area contributed by atoms with E-state index in [4.69, 9.17) is 0 Å². The van der Waals surface area contributed by atoms with Crippen LogP contribution in [0.25, 0.3) is 32.6 Å². The molecule has 1 nitrogen and oxygen atoms in total. The van der Waals surface area contributed by atoms with Gasteiger partial charge in [0.05, 0.1) is 0 Å².